The van der Waals surface area contributed by atoms with Crippen LogP contribution in [-0.2, 0) is 19.2 Å². The van der Waals surface area contributed by atoms with E-state index in [2.05, 4.69) is 10.6 Å². The summed E-state index contributed by atoms with van der Waals surface area (Å²) >= 11 is 0. The van der Waals surface area contributed by atoms with Gasteiger partial charge < -0.3 is 37.2 Å². The first kappa shape index (κ1) is 26.8. The summed E-state index contributed by atoms with van der Waals surface area (Å²) in [5, 5.41) is 23.1. The van der Waals surface area contributed by atoms with Gasteiger partial charge in [-0.1, -0.05) is 20.3 Å². The molecule has 178 valence electrons. The molecule has 0 saturated carbocycles. The molecule has 1 rings (SSSR count). The number of rotatable bonds is 13. The van der Waals surface area contributed by atoms with Gasteiger partial charge >= 0.3 is 5.97 Å². The number of likely N-dealkylation sites (tertiary alicyclic amines) is 1. The number of hydrogen-bond acceptors (Lipinski definition) is 7. The zero-order valence-corrected chi connectivity index (χ0v) is 18.4. The van der Waals surface area contributed by atoms with Crippen LogP contribution in [0.2, 0.25) is 0 Å². The first-order valence-electron chi connectivity index (χ1n) is 10.9. The van der Waals surface area contributed by atoms with E-state index in [9.17, 15) is 19.2 Å². The molecule has 0 radical (unpaired) electrons. The van der Waals surface area contributed by atoms with Gasteiger partial charge in [-0.15, -0.1) is 0 Å². The van der Waals surface area contributed by atoms with Gasteiger partial charge in [0, 0.05) is 6.54 Å². The predicted octanol–water partition coefficient (Wildman–Crippen LogP) is -1.47. The molecule has 8 N–H and O–H groups in total. The summed E-state index contributed by atoms with van der Waals surface area (Å²) in [7, 11) is 0. The van der Waals surface area contributed by atoms with Crippen molar-refractivity contribution in [3.63, 3.8) is 0 Å². The monoisotopic (exact) mass is 443 g/mol. The van der Waals surface area contributed by atoms with E-state index in [4.69, 9.17) is 21.7 Å². The number of amides is 3. The minimum Gasteiger partial charge on any atom is -0.480 e. The fourth-order valence-corrected chi connectivity index (χ4v) is 3.48. The molecule has 0 aromatic heterocycles. The second kappa shape index (κ2) is 13.2. The number of aliphatic hydroxyl groups excluding tert-OH is 1. The van der Waals surface area contributed by atoms with Crippen LogP contribution in [0.25, 0.3) is 0 Å². The van der Waals surface area contributed by atoms with Crippen molar-refractivity contribution in [1.29, 1.82) is 0 Å². The third-order valence-corrected chi connectivity index (χ3v) is 5.76. The molecule has 3 amide bonds. The zero-order chi connectivity index (χ0) is 23.6. The van der Waals surface area contributed by atoms with Gasteiger partial charge in [0.15, 0.2) is 0 Å². The van der Waals surface area contributed by atoms with Gasteiger partial charge in [-0.3, -0.25) is 14.4 Å². The van der Waals surface area contributed by atoms with Gasteiger partial charge in [-0.2, -0.15) is 0 Å². The molecular weight excluding hydrogens is 406 g/mol. The standard InChI is InChI=1S/C20H37N5O6/c1-3-12(2)16(22)19(29)25-10-6-8-15(25)18(28)23-13(7-4-5-9-21)17(27)24-14(11-26)20(30)31/h12-16,26H,3-11,21-22H2,1-2H3,(H,23,28)(H,24,27)(H,30,31). The van der Waals surface area contributed by atoms with E-state index in [0.29, 0.717) is 38.8 Å². The molecule has 11 nitrogen and oxygen atoms in total. The third-order valence-electron chi connectivity index (χ3n) is 5.76. The molecule has 1 fully saturated rings. The van der Waals surface area contributed by atoms with Crippen LogP contribution < -0.4 is 22.1 Å². The third kappa shape index (κ3) is 7.75. The number of nitrogens with zero attached hydrogens (tertiary/aromatic N) is 1. The largest absolute Gasteiger partial charge is 0.480 e. The van der Waals surface area contributed by atoms with Gasteiger partial charge in [0.1, 0.15) is 18.1 Å². The fourth-order valence-electron chi connectivity index (χ4n) is 3.48. The van der Waals surface area contributed by atoms with Crippen molar-refractivity contribution in [1.82, 2.24) is 15.5 Å². The van der Waals surface area contributed by atoms with Crippen molar-refractivity contribution in [2.24, 2.45) is 17.4 Å². The summed E-state index contributed by atoms with van der Waals surface area (Å²) < 4.78 is 0. The predicted molar refractivity (Wildman–Crippen MR) is 114 cm³/mol. The maximum atomic E-state index is 12.9. The highest BCUT2D eigenvalue weighted by Crippen LogP contribution is 2.21. The van der Waals surface area contributed by atoms with Crippen LogP contribution >= 0.6 is 0 Å². The summed E-state index contributed by atoms with van der Waals surface area (Å²) in [6, 6.07) is -3.92. The van der Waals surface area contributed by atoms with E-state index in [1.807, 2.05) is 13.8 Å². The molecule has 31 heavy (non-hydrogen) atoms. The lowest BCUT2D eigenvalue weighted by molar-refractivity contribution is -0.144. The molecular formula is C20H37N5O6. The van der Waals surface area contributed by atoms with Crippen molar-refractivity contribution in [2.75, 3.05) is 19.7 Å². The Morgan fingerprint density at radius 1 is 1.16 bits per heavy atom. The highest BCUT2D eigenvalue weighted by atomic mass is 16.4. The van der Waals surface area contributed by atoms with Crippen molar-refractivity contribution in [3.8, 4) is 0 Å². The van der Waals surface area contributed by atoms with Crippen LogP contribution in [0.15, 0.2) is 0 Å². The van der Waals surface area contributed by atoms with Crippen molar-refractivity contribution >= 4 is 23.7 Å². The number of hydrogen-bond donors (Lipinski definition) is 6. The van der Waals surface area contributed by atoms with Gasteiger partial charge in [0.05, 0.1) is 12.6 Å². The van der Waals surface area contributed by atoms with E-state index < -0.39 is 48.6 Å². The minimum absolute atomic E-state index is 0.0296. The summed E-state index contributed by atoms with van der Waals surface area (Å²) in [5.74, 6) is -2.89. The number of carboxylic acid groups (broad SMARTS) is 1. The number of aliphatic hydroxyl groups is 1. The second-order valence-corrected chi connectivity index (χ2v) is 8.03. The zero-order valence-electron chi connectivity index (χ0n) is 18.4. The number of carbonyl (C=O) groups is 4. The molecule has 0 aliphatic carbocycles. The first-order valence-corrected chi connectivity index (χ1v) is 10.9. The van der Waals surface area contributed by atoms with Crippen molar-refractivity contribution in [2.45, 2.75) is 76.5 Å². The number of aliphatic carboxylic acids is 1. The lowest BCUT2D eigenvalue weighted by Crippen LogP contribution is -2.57. The molecule has 1 saturated heterocycles. The Morgan fingerprint density at radius 3 is 2.39 bits per heavy atom. The quantitative estimate of drug-likeness (QED) is 0.186. The maximum Gasteiger partial charge on any atom is 0.328 e. The molecule has 0 spiro atoms. The Bertz CT molecular complexity index is 631. The second-order valence-electron chi connectivity index (χ2n) is 8.03. The lowest BCUT2D eigenvalue weighted by Gasteiger charge is -2.30. The highest BCUT2D eigenvalue weighted by molar-refractivity contribution is 5.94. The van der Waals surface area contributed by atoms with Crippen LogP contribution in [0.1, 0.15) is 52.4 Å². The molecule has 0 aromatic carbocycles. The molecule has 11 heteroatoms. The van der Waals surface area contributed by atoms with Crippen LogP contribution in [-0.4, -0.2) is 82.7 Å². The Hall–Kier alpha value is -2.24. The number of carboxylic acids is 1. The average Bonchev–Trinajstić information content (AvgIpc) is 3.24. The highest BCUT2D eigenvalue weighted by Gasteiger charge is 2.38. The van der Waals surface area contributed by atoms with Crippen LogP contribution in [0.3, 0.4) is 0 Å². The Labute approximate surface area is 182 Å². The Balaban J connectivity index is 2.89. The van der Waals surface area contributed by atoms with Crippen LogP contribution in [0.5, 0.6) is 0 Å². The van der Waals surface area contributed by atoms with Gasteiger partial charge in [-0.05, 0) is 44.6 Å². The topological polar surface area (TPSA) is 188 Å². The van der Waals surface area contributed by atoms with E-state index in [0.717, 1.165) is 6.42 Å². The maximum absolute atomic E-state index is 12.9. The summed E-state index contributed by atoms with van der Waals surface area (Å²) in [5.41, 5.74) is 11.6. The molecule has 5 unspecified atom stereocenters. The fraction of sp³-hybridized carbons (Fsp3) is 0.800. The molecule has 1 aliphatic heterocycles. The smallest absolute Gasteiger partial charge is 0.328 e. The molecule has 0 aromatic rings. The minimum atomic E-state index is -1.47. The van der Waals surface area contributed by atoms with Crippen molar-refractivity contribution in [3.05, 3.63) is 0 Å². The van der Waals surface area contributed by atoms with E-state index in [-0.39, 0.29) is 18.2 Å². The van der Waals surface area contributed by atoms with E-state index in [1.54, 1.807) is 0 Å². The summed E-state index contributed by atoms with van der Waals surface area (Å²) in [6.45, 7) is 3.87. The average molecular weight is 444 g/mol. The number of unbranched alkanes of at least 4 members (excludes halogenated alkanes) is 1. The van der Waals surface area contributed by atoms with Gasteiger partial charge in [0.2, 0.25) is 17.7 Å². The molecule has 1 heterocycles. The molecule has 5 atom stereocenters. The van der Waals surface area contributed by atoms with Crippen molar-refractivity contribution < 1.29 is 29.4 Å². The summed E-state index contributed by atoms with van der Waals surface area (Å²) in [4.78, 5) is 50.9. The van der Waals surface area contributed by atoms with Crippen LogP contribution in [0.4, 0.5) is 0 Å². The van der Waals surface area contributed by atoms with Crippen LogP contribution in [0, 0.1) is 5.92 Å². The van der Waals surface area contributed by atoms with E-state index in [1.165, 1.54) is 4.90 Å². The lowest BCUT2D eigenvalue weighted by atomic mass is 9.98. The normalized spacial score (nSPS) is 19.9. The SMILES string of the molecule is CCC(C)C(N)C(=O)N1CCCC1C(=O)NC(CCCCN)C(=O)NC(CO)C(=O)O. The number of carbonyl (C=O) groups excluding carboxylic acids is 3. The number of nitrogens with two attached hydrogens (primary N) is 2. The summed E-state index contributed by atoms with van der Waals surface area (Å²) in [6.07, 6.45) is 3.25. The number of nitrogens with one attached hydrogen (secondary N) is 2. The molecule has 0 bridgehead atoms. The van der Waals surface area contributed by atoms with Gasteiger partial charge in [0.25, 0.3) is 0 Å². The Morgan fingerprint density at radius 2 is 1.84 bits per heavy atom. The first-order chi connectivity index (χ1) is 14.7. The molecule has 1 aliphatic rings. The van der Waals surface area contributed by atoms with Gasteiger partial charge in [-0.25, -0.2) is 4.79 Å². The van der Waals surface area contributed by atoms with E-state index >= 15 is 0 Å². The Kier molecular flexibility index (Phi) is 11.4.